The molecule has 3 aromatic rings. The molecule has 1 unspecified atom stereocenters. The van der Waals surface area contributed by atoms with Crippen LogP contribution in [-0.2, 0) is 14.3 Å². The van der Waals surface area contributed by atoms with E-state index in [1.807, 2.05) is 68.4 Å². The largest absolute Gasteiger partial charge is 0.378 e. The minimum atomic E-state index is -0.402. The second kappa shape index (κ2) is 9.84. The number of ether oxygens (including phenoxy) is 1. The van der Waals surface area contributed by atoms with E-state index in [0.29, 0.717) is 25.4 Å². The maximum absolute atomic E-state index is 13.0. The van der Waals surface area contributed by atoms with Crippen molar-refractivity contribution in [2.75, 3.05) is 48.0 Å². The SMILES string of the molecule is Cc1ccc(N2CC(C(=O)Nc3cccc(-c4ccc(N5CCOCC5)nn4)c3)CC2=O)cc1C. The molecule has 0 spiro atoms. The normalized spacial score (nSPS) is 18.1. The summed E-state index contributed by atoms with van der Waals surface area (Å²) in [4.78, 5) is 29.5. The van der Waals surface area contributed by atoms with Crippen LogP contribution in [0.15, 0.2) is 54.6 Å². The Morgan fingerprint density at radius 3 is 2.57 bits per heavy atom. The zero-order valence-corrected chi connectivity index (χ0v) is 20.0. The third-order valence-corrected chi connectivity index (χ3v) is 6.71. The standard InChI is InChI=1S/C27H29N5O3/c1-18-6-7-23(14-19(18)2)32-17-21(16-26(32)33)27(34)28-22-5-3-4-20(15-22)24-8-9-25(30-29-24)31-10-12-35-13-11-31/h3-9,14-15,21H,10-13,16-17H2,1-2H3,(H,28,34). The molecule has 0 aliphatic carbocycles. The first-order valence-corrected chi connectivity index (χ1v) is 11.9. The summed E-state index contributed by atoms with van der Waals surface area (Å²) in [6, 6.07) is 17.4. The highest BCUT2D eigenvalue weighted by Crippen LogP contribution is 2.28. The highest BCUT2D eigenvalue weighted by molar-refractivity contribution is 6.03. The van der Waals surface area contributed by atoms with Gasteiger partial charge in [0, 0.05) is 43.0 Å². The van der Waals surface area contributed by atoms with Crippen LogP contribution in [0.2, 0.25) is 0 Å². The Morgan fingerprint density at radius 1 is 1.00 bits per heavy atom. The van der Waals surface area contributed by atoms with Crippen LogP contribution < -0.4 is 15.1 Å². The summed E-state index contributed by atoms with van der Waals surface area (Å²) >= 11 is 0. The van der Waals surface area contributed by atoms with Crippen molar-refractivity contribution in [3.8, 4) is 11.3 Å². The van der Waals surface area contributed by atoms with Gasteiger partial charge in [-0.1, -0.05) is 18.2 Å². The molecular weight excluding hydrogens is 442 g/mol. The molecule has 2 aliphatic heterocycles. The van der Waals surface area contributed by atoms with Crippen molar-refractivity contribution in [3.05, 3.63) is 65.7 Å². The summed E-state index contributed by atoms with van der Waals surface area (Å²) in [6.45, 7) is 7.44. The smallest absolute Gasteiger partial charge is 0.229 e. The van der Waals surface area contributed by atoms with Crippen LogP contribution in [-0.4, -0.2) is 54.9 Å². The van der Waals surface area contributed by atoms with Crippen molar-refractivity contribution in [2.24, 2.45) is 5.92 Å². The van der Waals surface area contributed by atoms with Gasteiger partial charge in [-0.25, -0.2) is 0 Å². The average molecular weight is 472 g/mol. The minimum Gasteiger partial charge on any atom is -0.378 e. The highest BCUT2D eigenvalue weighted by Gasteiger charge is 2.35. The lowest BCUT2D eigenvalue weighted by Gasteiger charge is -2.27. The maximum Gasteiger partial charge on any atom is 0.229 e. The van der Waals surface area contributed by atoms with Crippen LogP contribution in [0.25, 0.3) is 11.3 Å². The molecule has 0 saturated carbocycles. The van der Waals surface area contributed by atoms with Gasteiger partial charge in [-0.05, 0) is 61.4 Å². The Morgan fingerprint density at radius 2 is 1.83 bits per heavy atom. The first kappa shape index (κ1) is 23.0. The van der Waals surface area contributed by atoms with E-state index in [1.54, 1.807) is 4.90 Å². The van der Waals surface area contributed by atoms with Crippen molar-refractivity contribution in [2.45, 2.75) is 20.3 Å². The first-order valence-electron chi connectivity index (χ1n) is 11.9. The topological polar surface area (TPSA) is 87.7 Å². The maximum atomic E-state index is 13.0. The van der Waals surface area contributed by atoms with Gasteiger partial charge < -0.3 is 19.9 Å². The fraction of sp³-hybridized carbons (Fsp3) is 0.333. The Balaban J connectivity index is 1.25. The van der Waals surface area contributed by atoms with Crippen molar-refractivity contribution >= 4 is 29.0 Å². The van der Waals surface area contributed by atoms with E-state index < -0.39 is 5.92 Å². The van der Waals surface area contributed by atoms with Gasteiger partial charge in [0.1, 0.15) is 0 Å². The molecule has 1 aromatic heterocycles. The molecule has 2 saturated heterocycles. The summed E-state index contributed by atoms with van der Waals surface area (Å²) in [5.41, 5.74) is 5.41. The number of hydrogen-bond donors (Lipinski definition) is 1. The lowest BCUT2D eigenvalue weighted by Crippen LogP contribution is -2.36. The van der Waals surface area contributed by atoms with Crippen LogP contribution in [0.5, 0.6) is 0 Å². The Bertz CT molecular complexity index is 1240. The Hall–Kier alpha value is -3.78. The predicted molar refractivity (Wildman–Crippen MR) is 136 cm³/mol. The number of rotatable bonds is 5. The molecule has 8 heteroatoms. The van der Waals surface area contributed by atoms with Gasteiger partial charge in [0.05, 0.1) is 24.8 Å². The minimum absolute atomic E-state index is 0.0298. The highest BCUT2D eigenvalue weighted by atomic mass is 16.5. The molecule has 8 nitrogen and oxygen atoms in total. The van der Waals surface area contributed by atoms with E-state index in [2.05, 4.69) is 20.4 Å². The second-order valence-corrected chi connectivity index (χ2v) is 9.12. The zero-order valence-electron chi connectivity index (χ0n) is 20.0. The van der Waals surface area contributed by atoms with Crippen LogP contribution >= 0.6 is 0 Å². The average Bonchev–Trinajstić information content (AvgIpc) is 3.28. The molecule has 5 rings (SSSR count). The molecule has 2 fully saturated rings. The van der Waals surface area contributed by atoms with E-state index >= 15 is 0 Å². The Kier molecular flexibility index (Phi) is 6.46. The van der Waals surface area contributed by atoms with E-state index in [4.69, 9.17) is 4.74 Å². The molecule has 3 heterocycles. The number of hydrogen-bond acceptors (Lipinski definition) is 6. The van der Waals surface area contributed by atoms with Gasteiger partial charge in [0.15, 0.2) is 5.82 Å². The number of morpholine rings is 1. The molecule has 2 amide bonds. The number of nitrogens with zero attached hydrogens (tertiary/aromatic N) is 4. The Labute approximate surface area is 204 Å². The van der Waals surface area contributed by atoms with Crippen LogP contribution in [0, 0.1) is 19.8 Å². The van der Waals surface area contributed by atoms with Crippen LogP contribution in [0.1, 0.15) is 17.5 Å². The van der Waals surface area contributed by atoms with E-state index in [-0.39, 0.29) is 18.2 Å². The summed E-state index contributed by atoms with van der Waals surface area (Å²) in [5.74, 6) is 0.245. The molecule has 0 bridgehead atoms. The van der Waals surface area contributed by atoms with Crippen LogP contribution in [0.4, 0.5) is 17.2 Å². The van der Waals surface area contributed by atoms with E-state index in [1.165, 1.54) is 5.56 Å². The predicted octanol–water partition coefficient (Wildman–Crippen LogP) is 3.59. The number of carbonyl (C=O) groups is 2. The van der Waals surface area contributed by atoms with Gasteiger partial charge in [0.2, 0.25) is 11.8 Å². The third-order valence-electron chi connectivity index (χ3n) is 6.71. The second-order valence-electron chi connectivity index (χ2n) is 9.12. The third kappa shape index (κ3) is 5.02. The van der Waals surface area contributed by atoms with Gasteiger partial charge in [-0.2, -0.15) is 0 Å². The number of nitrogens with one attached hydrogen (secondary N) is 1. The fourth-order valence-corrected chi connectivity index (χ4v) is 4.47. The van der Waals surface area contributed by atoms with E-state index in [9.17, 15) is 9.59 Å². The number of benzene rings is 2. The molecule has 1 atom stereocenters. The molecule has 2 aromatic carbocycles. The van der Waals surface area contributed by atoms with Crippen molar-refractivity contribution in [1.29, 1.82) is 0 Å². The van der Waals surface area contributed by atoms with Crippen molar-refractivity contribution in [1.82, 2.24) is 10.2 Å². The molecule has 1 N–H and O–H groups in total. The summed E-state index contributed by atoms with van der Waals surface area (Å²) in [7, 11) is 0. The van der Waals surface area contributed by atoms with Gasteiger partial charge in [0.25, 0.3) is 0 Å². The molecule has 180 valence electrons. The number of amides is 2. The van der Waals surface area contributed by atoms with Crippen molar-refractivity contribution < 1.29 is 14.3 Å². The van der Waals surface area contributed by atoms with Gasteiger partial charge in [-0.15, -0.1) is 10.2 Å². The zero-order chi connectivity index (χ0) is 24.4. The summed E-state index contributed by atoms with van der Waals surface area (Å²) in [6.07, 6.45) is 0.201. The molecule has 0 radical (unpaired) electrons. The molecule has 35 heavy (non-hydrogen) atoms. The quantitative estimate of drug-likeness (QED) is 0.612. The van der Waals surface area contributed by atoms with Gasteiger partial charge in [-0.3, -0.25) is 9.59 Å². The number of anilines is 3. The van der Waals surface area contributed by atoms with E-state index in [0.717, 1.165) is 41.4 Å². The van der Waals surface area contributed by atoms with Gasteiger partial charge >= 0.3 is 0 Å². The summed E-state index contributed by atoms with van der Waals surface area (Å²) < 4.78 is 5.39. The molecule has 2 aliphatic rings. The lowest BCUT2D eigenvalue weighted by molar-refractivity contribution is -0.122. The molecular formula is C27H29N5O3. The van der Waals surface area contributed by atoms with Crippen molar-refractivity contribution in [3.63, 3.8) is 0 Å². The lowest BCUT2D eigenvalue weighted by atomic mass is 10.1. The van der Waals surface area contributed by atoms with Crippen LogP contribution in [0.3, 0.4) is 0 Å². The summed E-state index contributed by atoms with van der Waals surface area (Å²) in [5, 5.41) is 11.8. The first-order chi connectivity index (χ1) is 17.0. The number of aromatic nitrogens is 2. The number of aryl methyl sites for hydroxylation is 2. The number of carbonyl (C=O) groups excluding carboxylic acids is 2. The monoisotopic (exact) mass is 471 g/mol. The fourth-order valence-electron chi connectivity index (χ4n) is 4.47.